The minimum atomic E-state index is -3.43. The van der Waals surface area contributed by atoms with Gasteiger partial charge in [0.15, 0.2) is 5.96 Å². The van der Waals surface area contributed by atoms with Crippen molar-refractivity contribution >= 4 is 40.0 Å². The quantitative estimate of drug-likeness (QED) is 0.351. The van der Waals surface area contributed by atoms with Gasteiger partial charge in [-0.1, -0.05) is 31.4 Å². The summed E-state index contributed by atoms with van der Waals surface area (Å²) in [6.07, 6.45) is 6.25. The van der Waals surface area contributed by atoms with Crippen molar-refractivity contribution in [3.05, 3.63) is 29.8 Å². The molecule has 0 bridgehead atoms. The number of nitrogens with one attached hydrogen (secondary N) is 2. The van der Waals surface area contributed by atoms with Gasteiger partial charge in [0, 0.05) is 32.7 Å². The van der Waals surface area contributed by atoms with Gasteiger partial charge in [-0.3, -0.25) is 4.99 Å². The maximum atomic E-state index is 12.5. The van der Waals surface area contributed by atoms with Crippen LogP contribution in [-0.4, -0.2) is 44.9 Å². The molecule has 1 aromatic rings. The second-order valence-corrected chi connectivity index (χ2v) is 9.16. The number of hydrogen-bond donors (Lipinski definition) is 2. The van der Waals surface area contributed by atoms with Crippen molar-refractivity contribution in [2.75, 3.05) is 14.1 Å². The monoisotopic (exact) mass is 508 g/mol. The number of halogens is 1. The molecule has 2 rings (SSSR count). The molecule has 1 aliphatic carbocycles. The van der Waals surface area contributed by atoms with Crippen molar-refractivity contribution in [2.24, 2.45) is 4.99 Å². The molecule has 1 aromatic carbocycles. The summed E-state index contributed by atoms with van der Waals surface area (Å²) in [5.74, 6) is 0.799. The molecule has 0 heterocycles. The summed E-state index contributed by atoms with van der Waals surface area (Å²) >= 11 is 0. The smallest absolute Gasteiger partial charge is 0.243 e. The van der Waals surface area contributed by atoms with Crippen LogP contribution in [0.4, 0.5) is 0 Å². The maximum Gasteiger partial charge on any atom is 0.243 e. The fourth-order valence-corrected chi connectivity index (χ4v) is 4.41. The molecule has 0 unspecified atom stereocenters. The lowest BCUT2D eigenvalue weighted by Gasteiger charge is -2.25. The van der Waals surface area contributed by atoms with E-state index in [9.17, 15) is 8.42 Å². The van der Waals surface area contributed by atoms with E-state index < -0.39 is 10.0 Å². The first kappa shape index (κ1) is 24.2. The first-order valence-electron chi connectivity index (χ1n) is 9.38. The number of guanidine groups is 1. The predicted octanol–water partition coefficient (Wildman–Crippen LogP) is 3.33. The molecule has 0 radical (unpaired) electrons. The zero-order valence-electron chi connectivity index (χ0n) is 16.7. The van der Waals surface area contributed by atoms with Crippen molar-refractivity contribution in [3.63, 3.8) is 0 Å². The number of sulfonamides is 1. The zero-order valence-corrected chi connectivity index (χ0v) is 19.9. The number of benzene rings is 1. The molecular formula is C19H33IN4O2S. The highest BCUT2D eigenvalue weighted by Gasteiger charge is 2.22. The van der Waals surface area contributed by atoms with Crippen molar-refractivity contribution in [1.29, 1.82) is 0 Å². The van der Waals surface area contributed by atoms with Crippen LogP contribution in [0.3, 0.4) is 0 Å². The number of nitrogens with zero attached hydrogens (tertiary/aromatic N) is 2. The van der Waals surface area contributed by atoms with Gasteiger partial charge < -0.3 is 10.6 Å². The molecule has 27 heavy (non-hydrogen) atoms. The molecule has 0 spiro atoms. The normalized spacial score (nSPS) is 16.3. The SMILES string of the molecule is CN=C(NCc1ccc(S(=O)(=O)N(C)C(C)C)cc1)NC1CCCCC1.I. The third-order valence-corrected chi connectivity index (χ3v) is 7.00. The maximum absolute atomic E-state index is 12.5. The Hall–Kier alpha value is -0.870. The minimum Gasteiger partial charge on any atom is -0.354 e. The lowest BCUT2D eigenvalue weighted by molar-refractivity contribution is 0.410. The summed E-state index contributed by atoms with van der Waals surface area (Å²) in [6.45, 7) is 4.33. The fraction of sp³-hybridized carbons (Fsp3) is 0.632. The van der Waals surface area contributed by atoms with E-state index in [-0.39, 0.29) is 30.0 Å². The summed E-state index contributed by atoms with van der Waals surface area (Å²) in [5, 5.41) is 6.79. The van der Waals surface area contributed by atoms with Gasteiger partial charge >= 0.3 is 0 Å². The average Bonchev–Trinajstić information content (AvgIpc) is 2.65. The highest BCUT2D eigenvalue weighted by molar-refractivity contribution is 14.0. The van der Waals surface area contributed by atoms with Crippen LogP contribution in [0.5, 0.6) is 0 Å². The van der Waals surface area contributed by atoms with Crippen LogP contribution in [0.25, 0.3) is 0 Å². The van der Waals surface area contributed by atoms with Gasteiger partial charge in [-0.2, -0.15) is 4.31 Å². The number of hydrogen-bond acceptors (Lipinski definition) is 3. The van der Waals surface area contributed by atoms with Crippen LogP contribution in [0, 0.1) is 0 Å². The molecule has 1 fully saturated rings. The molecule has 154 valence electrons. The van der Waals surface area contributed by atoms with Crippen LogP contribution >= 0.6 is 24.0 Å². The first-order chi connectivity index (χ1) is 12.3. The van der Waals surface area contributed by atoms with E-state index in [1.165, 1.54) is 36.4 Å². The van der Waals surface area contributed by atoms with E-state index >= 15 is 0 Å². The molecule has 0 aromatic heterocycles. The molecular weight excluding hydrogens is 475 g/mol. The Morgan fingerprint density at radius 2 is 1.78 bits per heavy atom. The highest BCUT2D eigenvalue weighted by Crippen LogP contribution is 2.18. The molecule has 0 saturated heterocycles. The van der Waals surface area contributed by atoms with Crippen molar-refractivity contribution in [1.82, 2.24) is 14.9 Å². The van der Waals surface area contributed by atoms with E-state index in [2.05, 4.69) is 15.6 Å². The Balaban J connectivity index is 0.00000364. The molecule has 1 saturated carbocycles. The van der Waals surface area contributed by atoms with Gasteiger partial charge in [0.1, 0.15) is 0 Å². The Kier molecular flexibility index (Phi) is 10.0. The summed E-state index contributed by atoms with van der Waals surface area (Å²) < 4.78 is 26.4. The third kappa shape index (κ3) is 6.90. The molecule has 8 heteroatoms. The number of rotatable bonds is 6. The second-order valence-electron chi connectivity index (χ2n) is 7.16. The first-order valence-corrected chi connectivity index (χ1v) is 10.8. The highest BCUT2D eigenvalue weighted by atomic mass is 127. The lowest BCUT2D eigenvalue weighted by atomic mass is 9.96. The molecule has 0 amide bonds. The summed E-state index contributed by atoms with van der Waals surface area (Å²) in [6, 6.07) is 7.46. The van der Waals surface area contributed by atoms with Gasteiger partial charge in [-0.15, -0.1) is 24.0 Å². The van der Waals surface area contributed by atoms with Crippen LogP contribution < -0.4 is 10.6 Å². The topological polar surface area (TPSA) is 73.8 Å². The predicted molar refractivity (Wildman–Crippen MR) is 122 cm³/mol. The standard InChI is InChI=1S/C19H32N4O2S.HI/c1-15(2)23(4)26(24,25)18-12-10-16(11-13-18)14-21-19(20-3)22-17-8-6-5-7-9-17;/h10-13,15,17H,5-9,14H2,1-4H3,(H2,20,21,22);1H. The van der Waals surface area contributed by atoms with Gasteiger partial charge in [-0.25, -0.2) is 8.42 Å². The van der Waals surface area contributed by atoms with Crippen LogP contribution in [0.2, 0.25) is 0 Å². The van der Waals surface area contributed by atoms with Crippen molar-refractivity contribution in [2.45, 2.75) is 69.5 Å². The van der Waals surface area contributed by atoms with Crippen LogP contribution in [0.15, 0.2) is 34.2 Å². The van der Waals surface area contributed by atoms with E-state index in [0.717, 1.165) is 11.5 Å². The Labute approximate surface area is 181 Å². The van der Waals surface area contributed by atoms with Gasteiger partial charge in [0.05, 0.1) is 4.90 Å². The van der Waals surface area contributed by atoms with Crippen molar-refractivity contribution < 1.29 is 8.42 Å². The molecule has 1 aliphatic rings. The minimum absolute atomic E-state index is 0. The number of aliphatic imine (C=N–C) groups is 1. The average molecular weight is 508 g/mol. The van der Waals surface area contributed by atoms with Gasteiger partial charge in [0.2, 0.25) is 10.0 Å². The van der Waals surface area contributed by atoms with E-state index in [0.29, 0.717) is 17.5 Å². The fourth-order valence-electron chi connectivity index (χ4n) is 3.04. The van der Waals surface area contributed by atoms with Gasteiger partial charge in [0.25, 0.3) is 0 Å². The van der Waals surface area contributed by atoms with E-state index in [4.69, 9.17) is 0 Å². The molecule has 0 aliphatic heterocycles. The Morgan fingerprint density at radius 3 is 2.30 bits per heavy atom. The molecule has 6 nitrogen and oxygen atoms in total. The van der Waals surface area contributed by atoms with Crippen molar-refractivity contribution in [3.8, 4) is 0 Å². The van der Waals surface area contributed by atoms with Crippen LogP contribution in [-0.2, 0) is 16.6 Å². The second kappa shape index (κ2) is 11.2. The van der Waals surface area contributed by atoms with E-state index in [1.54, 1.807) is 26.2 Å². The zero-order chi connectivity index (χ0) is 19.2. The largest absolute Gasteiger partial charge is 0.354 e. The molecule has 2 N–H and O–H groups in total. The summed E-state index contributed by atoms with van der Waals surface area (Å²) in [7, 11) is -0.0523. The Morgan fingerprint density at radius 1 is 1.19 bits per heavy atom. The summed E-state index contributed by atoms with van der Waals surface area (Å²) in [5.41, 5.74) is 1.02. The third-order valence-electron chi connectivity index (χ3n) is 4.96. The molecule has 0 atom stereocenters. The van der Waals surface area contributed by atoms with Crippen LogP contribution in [0.1, 0.15) is 51.5 Å². The van der Waals surface area contributed by atoms with Gasteiger partial charge in [-0.05, 0) is 44.4 Å². The summed E-state index contributed by atoms with van der Waals surface area (Å²) in [4.78, 5) is 4.61. The Bertz CT molecular complexity index is 699. The lowest BCUT2D eigenvalue weighted by Crippen LogP contribution is -2.43. The van der Waals surface area contributed by atoms with E-state index in [1.807, 2.05) is 26.0 Å².